The van der Waals surface area contributed by atoms with Crippen LogP contribution in [0.5, 0.6) is 5.75 Å². The van der Waals surface area contributed by atoms with Crippen molar-refractivity contribution in [3.8, 4) is 5.75 Å². The molecule has 0 bridgehead atoms. The second-order valence-electron chi connectivity index (χ2n) is 4.72. The standard InChI is InChI=1S/C18H15IN2O4/c1-4-7-11(8-5-2)17(22)25-15-13-12(9-6-10-20-13)16(19)21-14(15)18(23)24-3/h4-10H,1H2,2-3H3/b8-5-,11-7+. The summed E-state index contributed by atoms with van der Waals surface area (Å²) >= 11 is 1.99. The van der Waals surface area contributed by atoms with Crippen LogP contribution >= 0.6 is 22.6 Å². The van der Waals surface area contributed by atoms with E-state index in [4.69, 9.17) is 9.47 Å². The summed E-state index contributed by atoms with van der Waals surface area (Å²) < 4.78 is 10.8. The number of fused-ring (bicyclic) bond motifs is 1. The van der Waals surface area contributed by atoms with E-state index in [9.17, 15) is 9.59 Å². The lowest BCUT2D eigenvalue weighted by Gasteiger charge is -2.12. The summed E-state index contributed by atoms with van der Waals surface area (Å²) in [4.78, 5) is 33.0. The number of hydrogen-bond donors (Lipinski definition) is 0. The maximum absolute atomic E-state index is 12.5. The van der Waals surface area contributed by atoms with E-state index in [0.29, 0.717) is 14.6 Å². The number of halogens is 1. The Morgan fingerprint density at radius 2 is 2.12 bits per heavy atom. The molecule has 0 saturated carbocycles. The van der Waals surface area contributed by atoms with Crippen molar-refractivity contribution in [3.05, 3.63) is 64.2 Å². The molecular weight excluding hydrogens is 435 g/mol. The molecule has 0 aliphatic heterocycles. The zero-order valence-corrected chi connectivity index (χ0v) is 15.8. The van der Waals surface area contributed by atoms with Gasteiger partial charge in [-0.2, -0.15) is 0 Å². The van der Waals surface area contributed by atoms with Gasteiger partial charge in [-0.3, -0.25) is 4.98 Å². The number of ether oxygens (including phenoxy) is 2. The van der Waals surface area contributed by atoms with Crippen LogP contribution in [0, 0.1) is 3.70 Å². The maximum Gasteiger partial charge on any atom is 0.360 e. The predicted octanol–water partition coefficient (Wildman–Crippen LogP) is 3.61. The van der Waals surface area contributed by atoms with Crippen LogP contribution in [-0.4, -0.2) is 29.0 Å². The van der Waals surface area contributed by atoms with E-state index in [1.807, 2.05) is 22.6 Å². The van der Waals surface area contributed by atoms with Crippen LogP contribution in [-0.2, 0) is 9.53 Å². The topological polar surface area (TPSA) is 78.4 Å². The van der Waals surface area contributed by atoms with Gasteiger partial charge < -0.3 is 9.47 Å². The molecule has 0 aliphatic rings. The summed E-state index contributed by atoms with van der Waals surface area (Å²) in [6.45, 7) is 5.35. The zero-order valence-electron chi connectivity index (χ0n) is 13.7. The van der Waals surface area contributed by atoms with Crippen molar-refractivity contribution < 1.29 is 19.1 Å². The molecule has 0 N–H and O–H groups in total. The summed E-state index contributed by atoms with van der Waals surface area (Å²) in [6, 6.07) is 3.51. The van der Waals surface area contributed by atoms with Crippen LogP contribution in [0.2, 0.25) is 0 Å². The molecule has 7 heteroatoms. The van der Waals surface area contributed by atoms with Gasteiger partial charge in [-0.15, -0.1) is 0 Å². The van der Waals surface area contributed by atoms with Crippen LogP contribution in [0.4, 0.5) is 0 Å². The Bertz CT molecular complexity index is 903. The van der Waals surface area contributed by atoms with Crippen molar-refractivity contribution in [2.24, 2.45) is 0 Å². The quantitative estimate of drug-likeness (QED) is 0.228. The molecule has 0 atom stereocenters. The monoisotopic (exact) mass is 450 g/mol. The highest BCUT2D eigenvalue weighted by atomic mass is 127. The minimum absolute atomic E-state index is 0.0349. The lowest BCUT2D eigenvalue weighted by atomic mass is 10.2. The molecule has 0 spiro atoms. The Labute approximate surface area is 158 Å². The molecule has 2 aromatic heterocycles. The Hall–Kier alpha value is -2.55. The SMILES string of the molecule is C=C/C=C(\C=C/C)C(=O)Oc1c(C(=O)OC)nc(I)c2cccnc12. The van der Waals surface area contributed by atoms with Gasteiger partial charge >= 0.3 is 11.9 Å². The first kappa shape index (κ1) is 18.8. The number of hydrogen-bond acceptors (Lipinski definition) is 6. The molecule has 2 rings (SSSR count). The predicted molar refractivity (Wildman–Crippen MR) is 102 cm³/mol. The third-order valence-electron chi connectivity index (χ3n) is 3.12. The second kappa shape index (κ2) is 8.52. The molecule has 2 heterocycles. The fraction of sp³-hybridized carbons (Fsp3) is 0.111. The highest BCUT2D eigenvalue weighted by molar-refractivity contribution is 14.1. The highest BCUT2D eigenvalue weighted by Gasteiger charge is 2.24. The molecule has 128 valence electrons. The van der Waals surface area contributed by atoms with Gasteiger partial charge in [0.25, 0.3) is 0 Å². The van der Waals surface area contributed by atoms with Gasteiger partial charge in [-0.05, 0) is 47.7 Å². The van der Waals surface area contributed by atoms with Crippen LogP contribution in [0.25, 0.3) is 10.9 Å². The summed E-state index contributed by atoms with van der Waals surface area (Å²) in [5, 5.41) is 0.666. The minimum Gasteiger partial charge on any atom is -0.464 e. The number of aromatic nitrogens is 2. The highest BCUT2D eigenvalue weighted by Crippen LogP contribution is 2.30. The zero-order chi connectivity index (χ0) is 18.4. The van der Waals surface area contributed by atoms with Crippen LogP contribution in [0.1, 0.15) is 17.4 Å². The number of allylic oxidation sites excluding steroid dienone is 3. The number of methoxy groups -OCH3 is 1. The Kier molecular flexibility index (Phi) is 6.40. The number of nitrogens with zero attached hydrogens (tertiary/aromatic N) is 2. The van der Waals surface area contributed by atoms with Crippen LogP contribution < -0.4 is 4.74 Å². The van der Waals surface area contributed by atoms with Gasteiger partial charge in [0.15, 0.2) is 11.4 Å². The summed E-state index contributed by atoms with van der Waals surface area (Å²) in [5.41, 5.74) is 0.523. The third-order valence-corrected chi connectivity index (χ3v) is 3.95. The number of carbonyl (C=O) groups is 2. The van der Waals surface area contributed by atoms with Crippen LogP contribution in [0.15, 0.2) is 54.8 Å². The van der Waals surface area contributed by atoms with Crippen molar-refractivity contribution in [3.63, 3.8) is 0 Å². The van der Waals surface area contributed by atoms with Crippen molar-refractivity contribution >= 4 is 45.4 Å². The van der Waals surface area contributed by atoms with Gasteiger partial charge in [0.1, 0.15) is 9.22 Å². The van der Waals surface area contributed by atoms with Gasteiger partial charge in [0, 0.05) is 11.6 Å². The molecule has 0 aliphatic carbocycles. The smallest absolute Gasteiger partial charge is 0.360 e. The average Bonchev–Trinajstić information content (AvgIpc) is 2.63. The number of carbonyl (C=O) groups excluding carboxylic acids is 2. The van der Waals surface area contributed by atoms with Crippen molar-refractivity contribution in [2.75, 3.05) is 7.11 Å². The Balaban J connectivity index is 2.64. The number of esters is 2. The van der Waals surface area contributed by atoms with Gasteiger partial charge in [-0.1, -0.05) is 24.8 Å². The van der Waals surface area contributed by atoms with E-state index in [0.717, 1.165) is 0 Å². The van der Waals surface area contributed by atoms with E-state index in [1.54, 1.807) is 37.4 Å². The molecule has 0 unspecified atom stereocenters. The first-order chi connectivity index (χ1) is 12.0. The van der Waals surface area contributed by atoms with E-state index in [1.165, 1.54) is 19.3 Å². The molecule has 2 aromatic rings. The molecule has 0 aromatic carbocycles. The first-order valence-corrected chi connectivity index (χ1v) is 8.31. The van der Waals surface area contributed by atoms with Gasteiger partial charge in [-0.25, -0.2) is 14.6 Å². The fourth-order valence-corrected chi connectivity index (χ4v) is 2.73. The summed E-state index contributed by atoms with van der Waals surface area (Å²) in [6.07, 6.45) is 7.80. The van der Waals surface area contributed by atoms with Crippen molar-refractivity contribution in [1.29, 1.82) is 0 Å². The molecule has 25 heavy (non-hydrogen) atoms. The molecular formula is C18H15IN2O4. The first-order valence-electron chi connectivity index (χ1n) is 7.23. The molecule has 6 nitrogen and oxygen atoms in total. The summed E-state index contributed by atoms with van der Waals surface area (Å²) in [5.74, 6) is -1.40. The van der Waals surface area contributed by atoms with Crippen LogP contribution in [0.3, 0.4) is 0 Å². The second-order valence-corrected chi connectivity index (χ2v) is 5.74. The van der Waals surface area contributed by atoms with Crippen molar-refractivity contribution in [1.82, 2.24) is 9.97 Å². The van der Waals surface area contributed by atoms with Crippen molar-refractivity contribution in [2.45, 2.75) is 6.92 Å². The Morgan fingerprint density at radius 3 is 2.76 bits per heavy atom. The number of rotatable bonds is 5. The minimum atomic E-state index is -0.714. The molecule has 0 fully saturated rings. The largest absolute Gasteiger partial charge is 0.464 e. The van der Waals surface area contributed by atoms with E-state index in [-0.39, 0.29) is 17.0 Å². The fourth-order valence-electron chi connectivity index (χ4n) is 2.06. The maximum atomic E-state index is 12.5. The van der Waals surface area contributed by atoms with E-state index < -0.39 is 11.9 Å². The molecule has 0 radical (unpaired) electrons. The van der Waals surface area contributed by atoms with Gasteiger partial charge in [0.2, 0.25) is 0 Å². The number of pyridine rings is 2. The van der Waals surface area contributed by atoms with E-state index >= 15 is 0 Å². The van der Waals surface area contributed by atoms with Gasteiger partial charge in [0.05, 0.1) is 12.7 Å². The normalized spacial score (nSPS) is 11.6. The summed E-state index contributed by atoms with van der Waals surface area (Å²) in [7, 11) is 1.23. The molecule has 0 amide bonds. The Morgan fingerprint density at radius 1 is 1.36 bits per heavy atom. The average molecular weight is 450 g/mol. The molecule has 0 saturated heterocycles. The lowest BCUT2D eigenvalue weighted by Crippen LogP contribution is -2.16. The third kappa shape index (κ3) is 4.11. The lowest BCUT2D eigenvalue weighted by molar-refractivity contribution is -0.129. The van der Waals surface area contributed by atoms with E-state index in [2.05, 4.69) is 16.5 Å².